The lowest BCUT2D eigenvalue weighted by molar-refractivity contribution is 0.0574. The van der Waals surface area contributed by atoms with Crippen LogP contribution < -0.4 is 10.2 Å². The van der Waals surface area contributed by atoms with Crippen molar-refractivity contribution in [3.63, 3.8) is 0 Å². The summed E-state index contributed by atoms with van der Waals surface area (Å²) in [6.45, 7) is 8.14. The van der Waals surface area contributed by atoms with E-state index in [9.17, 15) is 9.18 Å². The third-order valence-corrected chi connectivity index (χ3v) is 5.22. The number of hydrogen-bond acceptors (Lipinski definition) is 3. The molecule has 1 saturated heterocycles. The lowest BCUT2D eigenvalue weighted by Gasteiger charge is -2.33. The molecule has 0 aliphatic carbocycles. The first-order valence-corrected chi connectivity index (χ1v) is 10.7. The second-order valence-corrected chi connectivity index (χ2v) is 8.21. The topological polar surface area (TPSA) is 44.8 Å². The lowest BCUT2D eigenvalue weighted by Crippen LogP contribution is -2.49. The van der Waals surface area contributed by atoms with Crippen LogP contribution in [0.4, 0.5) is 20.6 Å². The van der Waals surface area contributed by atoms with E-state index >= 15 is 0 Å². The number of urea groups is 1. The summed E-state index contributed by atoms with van der Waals surface area (Å²) < 4.78 is 19.2. The number of carbonyl (C=O) groups is 1. The van der Waals surface area contributed by atoms with Gasteiger partial charge in [-0.25, -0.2) is 9.18 Å². The van der Waals surface area contributed by atoms with Gasteiger partial charge in [0.05, 0.1) is 12.6 Å². The Balaban J connectivity index is 1.77. The van der Waals surface area contributed by atoms with E-state index in [1.54, 1.807) is 17.0 Å². The molecule has 2 aromatic carbocycles. The third kappa shape index (κ3) is 6.54. The Bertz CT molecular complexity index is 777. The predicted octanol–water partition coefficient (Wildman–Crippen LogP) is 5.00. The molecule has 5 nitrogen and oxygen atoms in total. The second kappa shape index (κ2) is 11.1. The van der Waals surface area contributed by atoms with Crippen LogP contribution in [0.3, 0.4) is 0 Å². The summed E-state index contributed by atoms with van der Waals surface area (Å²) in [7, 11) is 0. The van der Waals surface area contributed by atoms with Crippen LogP contribution in [0.15, 0.2) is 54.6 Å². The van der Waals surface area contributed by atoms with Gasteiger partial charge in [-0.2, -0.15) is 0 Å². The molecule has 1 unspecified atom stereocenters. The number of rotatable bonds is 9. The van der Waals surface area contributed by atoms with E-state index in [0.29, 0.717) is 31.4 Å². The average Bonchev–Trinajstić information content (AvgIpc) is 3.27. The average molecular weight is 414 g/mol. The fraction of sp³-hybridized carbons (Fsp3) is 0.458. The molecule has 0 saturated carbocycles. The van der Waals surface area contributed by atoms with Crippen LogP contribution in [-0.2, 0) is 4.74 Å². The third-order valence-electron chi connectivity index (χ3n) is 5.22. The fourth-order valence-electron chi connectivity index (χ4n) is 3.67. The van der Waals surface area contributed by atoms with Gasteiger partial charge in [-0.05, 0) is 68.2 Å². The molecule has 0 spiro atoms. The zero-order chi connectivity index (χ0) is 21.3. The summed E-state index contributed by atoms with van der Waals surface area (Å²) in [6, 6.07) is 15.3. The molecule has 162 valence electrons. The maximum absolute atomic E-state index is 13.2. The minimum Gasteiger partial charge on any atom is -0.379 e. The molecule has 0 radical (unpaired) electrons. The summed E-state index contributed by atoms with van der Waals surface area (Å²) in [6.07, 6.45) is 2.35. The van der Waals surface area contributed by atoms with Gasteiger partial charge in [0.2, 0.25) is 0 Å². The fourth-order valence-corrected chi connectivity index (χ4v) is 3.67. The van der Waals surface area contributed by atoms with Crippen molar-refractivity contribution in [2.45, 2.75) is 32.7 Å². The standard InChI is InChI=1S/C24H32FN3O2/c1-19(2)17-30-18-23(27-14-6-7-15-27)16-28(22-8-4-3-5-9-22)24(29)26-21-12-10-20(25)11-13-21/h3-5,8-13,19,23H,6-7,14-18H2,1-2H3,(H,26,29). The first-order valence-electron chi connectivity index (χ1n) is 10.7. The van der Waals surface area contributed by atoms with Gasteiger partial charge in [-0.15, -0.1) is 0 Å². The summed E-state index contributed by atoms with van der Waals surface area (Å²) in [5.41, 5.74) is 1.39. The highest BCUT2D eigenvalue weighted by atomic mass is 19.1. The van der Waals surface area contributed by atoms with E-state index in [1.807, 2.05) is 30.3 Å². The van der Waals surface area contributed by atoms with Gasteiger partial charge in [0.25, 0.3) is 0 Å². The quantitative estimate of drug-likeness (QED) is 0.629. The smallest absolute Gasteiger partial charge is 0.326 e. The molecular weight excluding hydrogens is 381 g/mol. The number of nitrogens with one attached hydrogen (secondary N) is 1. The van der Waals surface area contributed by atoms with E-state index in [2.05, 4.69) is 24.1 Å². The van der Waals surface area contributed by atoms with Gasteiger partial charge in [0.15, 0.2) is 0 Å². The molecule has 1 N–H and O–H groups in total. The lowest BCUT2D eigenvalue weighted by atomic mass is 10.2. The number of carbonyl (C=O) groups excluding carboxylic acids is 1. The summed E-state index contributed by atoms with van der Waals surface area (Å²) in [4.78, 5) is 17.4. The van der Waals surface area contributed by atoms with E-state index in [-0.39, 0.29) is 17.9 Å². The molecule has 1 aliphatic rings. The maximum atomic E-state index is 13.2. The second-order valence-electron chi connectivity index (χ2n) is 8.21. The maximum Gasteiger partial charge on any atom is 0.326 e. The van der Waals surface area contributed by atoms with Crippen molar-refractivity contribution in [2.75, 3.05) is 43.1 Å². The highest BCUT2D eigenvalue weighted by Gasteiger charge is 2.27. The largest absolute Gasteiger partial charge is 0.379 e. The minimum atomic E-state index is -0.329. The molecule has 1 heterocycles. The van der Waals surface area contributed by atoms with Crippen molar-refractivity contribution in [3.8, 4) is 0 Å². The Labute approximate surface area is 178 Å². The van der Waals surface area contributed by atoms with Crippen LogP contribution in [0.2, 0.25) is 0 Å². The highest BCUT2D eigenvalue weighted by molar-refractivity contribution is 6.01. The van der Waals surface area contributed by atoms with Gasteiger partial charge in [-0.3, -0.25) is 9.80 Å². The summed E-state index contributed by atoms with van der Waals surface area (Å²) >= 11 is 0. The van der Waals surface area contributed by atoms with Gasteiger partial charge < -0.3 is 10.1 Å². The van der Waals surface area contributed by atoms with Crippen LogP contribution in [0.5, 0.6) is 0 Å². The van der Waals surface area contributed by atoms with Gasteiger partial charge in [0, 0.05) is 24.5 Å². The number of nitrogens with zero attached hydrogens (tertiary/aromatic N) is 2. The van der Waals surface area contributed by atoms with Crippen molar-refractivity contribution in [2.24, 2.45) is 5.92 Å². The van der Waals surface area contributed by atoms with Crippen molar-refractivity contribution < 1.29 is 13.9 Å². The number of hydrogen-bond donors (Lipinski definition) is 1. The predicted molar refractivity (Wildman–Crippen MR) is 119 cm³/mol. The number of halogens is 1. The Morgan fingerprint density at radius 1 is 1.07 bits per heavy atom. The molecule has 0 bridgehead atoms. The zero-order valence-corrected chi connectivity index (χ0v) is 17.9. The number of likely N-dealkylation sites (tertiary alicyclic amines) is 1. The van der Waals surface area contributed by atoms with E-state index in [4.69, 9.17) is 4.74 Å². The Morgan fingerprint density at radius 2 is 1.73 bits per heavy atom. The van der Waals surface area contributed by atoms with Crippen molar-refractivity contribution in [1.82, 2.24) is 4.90 Å². The van der Waals surface area contributed by atoms with Crippen LogP contribution in [0, 0.1) is 11.7 Å². The molecule has 1 atom stereocenters. The van der Waals surface area contributed by atoms with Gasteiger partial charge in [-0.1, -0.05) is 32.0 Å². The molecule has 2 amide bonds. The van der Waals surface area contributed by atoms with Crippen molar-refractivity contribution in [3.05, 3.63) is 60.4 Å². The number of benzene rings is 2. The molecule has 30 heavy (non-hydrogen) atoms. The van der Waals surface area contributed by atoms with Crippen molar-refractivity contribution in [1.29, 1.82) is 0 Å². The molecule has 1 aliphatic heterocycles. The molecule has 6 heteroatoms. The van der Waals surface area contributed by atoms with Crippen LogP contribution in [0.25, 0.3) is 0 Å². The van der Waals surface area contributed by atoms with E-state index < -0.39 is 0 Å². The summed E-state index contributed by atoms with van der Waals surface area (Å²) in [5.74, 6) is 0.139. The van der Waals surface area contributed by atoms with Crippen LogP contribution >= 0.6 is 0 Å². The monoisotopic (exact) mass is 413 g/mol. The Morgan fingerprint density at radius 3 is 2.37 bits per heavy atom. The highest BCUT2D eigenvalue weighted by Crippen LogP contribution is 2.20. The first kappa shape index (κ1) is 22.2. The Hall–Kier alpha value is -2.44. The molecular formula is C24H32FN3O2. The normalized spacial score (nSPS) is 15.3. The first-order chi connectivity index (χ1) is 14.5. The van der Waals surface area contributed by atoms with Crippen LogP contribution in [-0.4, -0.2) is 49.8 Å². The molecule has 0 aromatic heterocycles. The van der Waals surface area contributed by atoms with Crippen molar-refractivity contribution >= 4 is 17.4 Å². The zero-order valence-electron chi connectivity index (χ0n) is 17.9. The number of amides is 2. The molecule has 1 fully saturated rings. The number of para-hydroxylation sites is 1. The van der Waals surface area contributed by atoms with E-state index in [0.717, 1.165) is 18.8 Å². The van der Waals surface area contributed by atoms with E-state index in [1.165, 1.54) is 25.0 Å². The number of anilines is 2. The van der Waals surface area contributed by atoms with Crippen LogP contribution in [0.1, 0.15) is 26.7 Å². The van der Waals surface area contributed by atoms with Gasteiger partial charge >= 0.3 is 6.03 Å². The Kier molecular flexibility index (Phi) is 8.22. The number of ether oxygens (including phenoxy) is 1. The van der Waals surface area contributed by atoms with Gasteiger partial charge in [0.1, 0.15) is 5.82 Å². The SMILES string of the molecule is CC(C)COCC(CN(C(=O)Nc1ccc(F)cc1)c1ccccc1)N1CCCC1. The summed E-state index contributed by atoms with van der Waals surface area (Å²) in [5, 5.41) is 2.90. The molecule has 3 rings (SSSR count). The minimum absolute atomic E-state index is 0.116. The molecule has 2 aromatic rings.